The first-order valence-electron chi connectivity index (χ1n) is 8.03. The molecule has 0 aromatic heterocycles. The average molecular weight is 345 g/mol. The van der Waals surface area contributed by atoms with E-state index >= 15 is 0 Å². The van der Waals surface area contributed by atoms with Crippen LogP contribution in [0.5, 0.6) is 5.75 Å². The van der Waals surface area contributed by atoms with Crippen LogP contribution in [0.3, 0.4) is 0 Å². The molecule has 0 spiro atoms. The number of rotatable bonds is 3. The van der Waals surface area contributed by atoms with Gasteiger partial charge in [0.15, 0.2) is 0 Å². The van der Waals surface area contributed by atoms with E-state index in [2.05, 4.69) is 11.0 Å². The van der Waals surface area contributed by atoms with Gasteiger partial charge in [0.1, 0.15) is 5.75 Å². The second-order valence-electron chi connectivity index (χ2n) is 5.94. The molecular weight excluding hydrogens is 324 g/mol. The van der Waals surface area contributed by atoms with Crippen molar-refractivity contribution in [2.24, 2.45) is 0 Å². The molecule has 0 atom stereocenters. The molecular formula is C19H21ClN2O2. The largest absolute Gasteiger partial charge is 0.497 e. The molecule has 3 rings (SSSR count). The lowest BCUT2D eigenvalue weighted by atomic mass is 10.1. The van der Waals surface area contributed by atoms with Crippen LogP contribution < -0.4 is 9.64 Å². The first-order valence-corrected chi connectivity index (χ1v) is 8.40. The summed E-state index contributed by atoms with van der Waals surface area (Å²) in [5.74, 6) is 0.826. The van der Waals surface area contributed by atoms with Crippen LogP contribution in [0, 0.1) is 6.92 Å². The topological polar surface area (TPSA) is 32.8 Å². The summed E-state index contributed by atoms with van der Waals surface area (Å²) in [4.78, 5) is 16.8. The zero-order valence-electron chi connectivity index (χ0n) is 14.0. The highest BCUT2D eigenvalue weighted by Crippen LogP contribution is 2.24. The number of carbonyl (C=O) groups excluding carboxylic acids is 1. The predicted octanol–water partition coefficient (Wildman–Crippen LogP) is 3.62. The quantitative estimate of drug-likeness (QED) is 0.852. The number of aryl methyl sites for hydroxylation is 1. The number of nitrogens with zero attached hydrogens (tertiary/aromatic N) is 2. The van der Waals surface area contributed by atoms with Crippen molar-refractivity contribution in [3.8, 4) is 5.75 Å². The van der Waals surface area contributed by atoms with Gasteiger partial charge in [-0.1, -0.05) is 17.7 Å². The number of benzene rings is 2. The van der Waals surface area contributed by atoms with Crippen LogP contribution in [0.15, 0.2) is 42.5 Å². The minimum atomic E-state index is 0.0687. The molecule has 0 N–H and O–H groups in total. The Bertz CT molecular complexity index is 723. The predicted molar refractivity (Wildman–Crippen MR) is 97.3 cm³/mol. The number of anilines is 1. The lowest BCUT2D eigenvalue weighted by Gasteiger charge is -2.36. The van der Waals surface area contributed by atoms with Crippen LogP contribution in [-0.2, 0) is 0 Å². The number of halogens is 1. The van der Waals surface area contributed by atoms with E-state index in [9.17, 15) is 4.79 Å². The van der Waals surface area contributed by atoms with Gasteiger partial charge < -0.3 is 14.5 Å². The fourth-order valence-corrected chi connectivity index (χ4v) is 3.04. The summed E-state index contributed by atoms with van der Waals surface area (Å²) in [6.07, 6.45) is 0. The van der Waals surface area contributed by atoms with Gasteiger partial charge in [-0.15, -0.1) is 0 Å². The third kappa shape index (κ3) is 3.49. The van der Waals surface area contributed by atoms with E-state index in [4.69, 9.17) is 16.3 Å². The van der Waals surface area contributed by atoms with Gasteiger partial charge in [-0.3, -0.25) is 4.79 Å². The Morgan fingerprint density at radius 2 is 1.71 bits per heavy atom. The second-order valence-corrected chi connectivity index (χ2v) is 6.35. The van der Waals surface area contributed by atoms with Crippen molar-refractivity contribution >= 4 is 23.2 Å². The maximum absolute atomic E-state index is 12.6. The summed E-state index contributed by atoms with van der Waals surface area (Å²) in [5, 5.41) is 0.782. The molecule has 2 aromatic rings. The molecule has 0 unspecified atom stereocenters. The van der Waals surface area contributed by atoms with Crippen molar-refractivity contribution in [1.29, 1.82) is 0 Å². The molecule has 1 heterocycles. The van der Waals surface area contributed by atoms with E-state index in [1.54, 1.807) is 7.11 Å². The van der Waals surface area contributed by atoms with Crippen molar-refractivity contribution in [3.05, 3.63) is 58.6 Å². The van der Waals surface area contributed by atoms with Crippen molar-refractivity contribution in [2.45, 2.75) is 6.92 Å². The van der Waals surface area contributed by atoms with E-state index in [1.165, 1.54) is 0 Å². The van der Waals surface area contributed by atoms with E-state index in [0.29, 0.717) is 18.7 Å². The maximum Gasteiger partial charge on any atom is 0.253 e. The molecule has 5 heteroatoms. The Hall–Kier alpha value is -2.20. The van der Waals surface area contributed by atoms with Crippen molar-refractivity contribution in [2.75, 3.05) is 38.2 Å². The van der Waals surface area contributed by atoms with E-state index in [1.807, 2.05) is 48.2 Å². The van der Waals surface area contributed by atoms with Crippen LogP contribution in [-0.4, -0.2) is 44.1 Å². The summed E-state index contributed by atoms with van der Waals surface area (Å²) >= 11 is 6.22. The molecule has 2 aromatic carbocycles. The Labute approximate surface area is 147 Å². The molecule has 1 saturated heterocycles. The Morgan fingerprint density at radius 1 is 1.04 bits per heavy atom. The number of methoxy groups -OCH3 is 1. The van der Waals surface area contributed by atoms with Gasteiger partial charge in [0, 0.05) is 42.5 Å². The van der Waals surface area contributed by atoms with Gasteiger partial charge in [-0.25, -0.2) is 0 Å². The summed E-state index contributed by atoms with van der Waals surface area (Å²) < 4.78 is 5.13. The first-order chi connectivity index (χ1) is 11.6. The molecule has 0 saturated carbocycles. The zero-order chi connectivity index (χ0) is 17.1. The highest BCUT2D eigenvalue weighted by atomic mass is 35.5. The zero-order valence-corrected chi connectivity index (χ0v) is 14.7. The van der Waals surface area contributed by atoms with Gasteiger partial charge in [-0.05, 0) is 48.9 Å². The smallest absolute Gasteiger partial charge is 0.253 e. The number of ether oxygens (including phenoxy) is 1. The second kappa shape index (κ2) is 7.14. The van der Waals surface area contributed by atoms with E-state index in [-0.39, 0.29) is 5.91 Å². The molecule has 0 radical (unpaired) electrons. The highest BCUT2D eigenvalue weighted by molar-refractivity contribution is 6.31. The fourth-order valence-electron chi connectivity index (χ4n) is 2.86. The summed E-state index contributed by atoms with van der Waals surface area (Å²) in [5.41, 5.74) is 2.89. The minimum Gasteiger partial charge on any atom is -0.497 e. The third-order valence-electron chi connectivity index (χ3n) is 4.42. The van der Waals surface area contributed by atoms with Gasteiger partial charge in [0.25, 0.3) is 5.91 Å². The average Bonchev–Trinajstić information content (AvgIpc) is 2.63. The molecule has 126 valence electrons. The Balaban J connectivity index is 1.63. The molecule has 1 aliphatic heterocycles. The lowest BCUT2D eigenvalue weighted by molar-refractivity contribution is 0.0747. The number of amides is 1. The SMILES string of the molecule is COc1ccc(C(=O)N2CCN(c3ccc(C)c(Cl)c3)CC2)cc1. The molecule has 0 bridgehead atoms. The van der Waals surface area contributed by atoms with Crippen molar-refractivity contribution in [3.63, 3.8) is 0 Å². The van der Waals surface area contributed by atoms with Crippen LogP contribution in [0.1, 0.15) is 15.9 Å². The van der Waals surface area contributed by atoms with Crippen molar-refractivity contribution in [1.82, 2.24) is 4.90 Å². The first kappa shape index (κ1) is 16.7. The number of hydrogen-bond donors (Lipinski definition) is 0. The molecule has 24 heavy (non-hydrogen) atoms. The molecule has 1 fully saturated rings. The Kier molecular flexibility index (Phi) is 4.95. The number of hydrogen-bond acceptors (Lipinski definition) is 3. The Morgan fingerprint density at radius 3 is 2.29 bits per heavy atom. The molecule has 1 aliphatic rings. The van der Waals surface area contributed by atoms with Crippen LogP contribution in [0.25, 0.3) is 0 Å². The van der Waals surface area contributed by atoms with E-state index in [0.717, 1.165) is 35.1 Å². The van der Waals surface area contributed by atoms with Crippen LogP contribution >= 0.6 is 11.6 Å². The van der Waals surface area contributed by atoms with E-state index < -0.39 is 0 Å². The molecule has 0 aliphatic carbocycles. The monoisotopic (exact) mass is 344 g/mol. The van der Waals surface area contributed by atoms with Gasteiger partial charge >= 0.3 is 0 Å². The minimum absolute atomic E-state index is 0.0687. The molecule has 4 nitrogen and oxygen atoms in total. The number of carbonyl (C=O) groups is 1. The lowest BCUT2D eigenvalue weighted by Crippen LogP contribution is -2.48. The van der Waals surface area contributed by atoms with Gasteiger partial charge in [0.2, 0.25) is 0 Å². The van der Waals surface area contributed by atoms with Crippen LogP contribution in [0.2, 0.25) is 5.02 Å². The summed E-state index contributed by atoms with van der Waals surface area (Å²) in [6, 6.07) is 13.4. The van der Waals surface area contributed by atoms with Crippen LogP contribution in [0.4, 0.5) is 5.69 Å². The van der Waals surface area contributed by atoms with Crippen molar-refractivity contribution < 1.29 is 9.53 Å². The standard InChI is InChI=1S/C19H21ClN2O2/c1-14-3-6-16(13-18(14)20)21-9-11-22(12-10-21)19(23)15-4-7-17(24-2)8-5-15/h3-8,13H,9-12H2,1-2H3. The third-order valence-corrected chi connectivity index (χ3v) is 4.83. The molecule has 1 amide bonds. The summed E-state index contributed by atoms with van der Waals surface area (Å²) in [7, 11) is 1.62. The normalized spacial score (nSPS) is 14.6. The fraction of sp³-hybridized carbons (Fsp3) is 0.316. The number of piperazine rings is 1. The van der Waals surface area contributed by atoms with Gasteiger partial charge in [-0.2, -0.15) is 0 Å². The summed E-state index contributed by atoms with van der Waals surface area (Å²) in [6.45, 7) is 5.02. The highest BCUT2D eigenvalue weighted by Gasteiger charge is 2.22. The van der Waals surface area contributed by atoms with Gasteiger partial charge in [0.05, 0.1) is 7.11 Å². The maximum atomic E-state index is 12.6.